The molecule has 0 heterocycles. The number of carbonyl (C=O) groups excluding carboxylic acids is 7. The monoisotopic (exact) mass is 775 g/mol. The Kier molecular flexibility index (Phi) is 25.7. The molecule has 0 rings (SSSR count). The van der Waals surface area contributed by atoms with Crippen LogP contribution >= 0.6 is 0 Å². The number of carboxylic acids is 1. The maximum atomic E-state index is 13.6. The smallest absolute Gasteiger partial charge is 0.328 e. The molecule has 0 aliphatic carbocycles. The molecular formula is C32H61N11O11. The molecule has 310 valence electrons. The average Bonchev–Trinajstić information content (AvgIpc) is 3.11. The number of nitrogens with two attached hydrogens (primary N) is 5. The first kappa shape index (κ1) is 49.5. The molecule has 7 amide bonds. The minimum atomic E-state index is -1.73. The quantitative estimate of drug-likeness (QED) is 0.0302. The van der Waals surface area contributed by atoms with Crippen LogP contribution in [0.25, 0.3) is 0 Å². The number of aliphatic carboxylic acids is 1. The number of primary amides is 1. The Hall–Kier alpha value is -4.48. The summed E-state index contributed by atoms with van der Waals surface area (Å²) in [4.78, 5) is 101. The van der Waals surface area contributed by atoms with Crippen LogP contribution < -0.4 is 60.6 Å². The Labute approximate surface area is 314 Å². The average molecular weight is 776 g/mol. The van der Waals surface area contributed by atoms with E-state index in [2.05, 4.69) is 26.6 Å². The van der Waals surface area contributed by atoms with Crippen molar-refractivity contribution in [3.05, 3.63) is 0 Å². The molecule has 0 saturated heterocycles. The van der Waals surface area contributed by atoms with Gasteiger partial charge in [0.1, 0.15) is 30.2 Å². The van der Waals surface area contributed by atoms with E-state index in [0.29, 0.717) is 51.5 Å². The van der Waals surface area contributed by atoms with Crippen LogP contribution in [0.4, 0.5) is 0 Å². The molecule has 0 fully saturated rings. The van der Waals surface area contributed by atoms with Crippen molar-refractivity contribution in [2.24, 2.45) is 28.7 Å². The SMILES string of the molecule is C[C@@H](O)[C@H](NC(=O)[C@H](CCCCN)NC(=O)[C@H](CCC(N)=O)NC(=O)[C@H](CCCCN)NC(=O)CNC(=O)[C@@H](N)CCCCN)C(=O)N[C@@H](CO)C(=O)O. The van der Waals surface area contributed by atoms with Gasteiger partial charge in [-0.05, 0) is 84.3 Å². The molecule has 0 aromatic rings. The van der Waals surface area contributed by atoms with Crippen molar-refractivity contribution < 1.29 is 53.7 Å². The number of carboxylic acid groups (broad SMARTS) is 1. The van der Waals surface area contributed by atoms with Crippen molar-refractivity contribution in [2.75, 3.05) is 32.8 Å². The summed E-state index contributed by atoms with van der Waals surface area (Å²) in [5.41, 5.74) is 27.8. The molecule has 7 atom stereocenters. The van der Waals surface area contributed by atoms with Crippen molar-refractivity contribution in [3.8, 4) is 0 Å². The topological polar surface area (TPSA) is 400 Å². The van der Waals surface area contributed by atoms with Crippen LogP contribution in [0.2, 0.25) is 0 Å². The number of rotatable bonds is 30. The molecule has 0 aliphatic rings. The van der Waals surface area contributed by atoms with Gasteiger partial charge in [0.15, 0.2) is 0 Å². The third-order valence-corrected chi connectivity index (χ3v) is 8.08. The zero-order chi connectivity index (χ0) is 41.2. The van der Waals surface area contributed by atoms with Gasteiger partial charge in [-0.1, -0.05) is 6.42 Å². The van der Waals surface area contributed by atoms with Crippen LogP contribution in [0.3, 0.4) is 0 Å². The molecule has 0 aliphatic heterocycles. The predicted molar refractivity (Wildman–Crippen MR) is 194 cm³/mol. The van der Waals surface area contributed by atoms with Gasteiger partial charge in [0, 0.05) is 6.42 Å². The molecule has 0 bridgehead atoms. The van der Waals surface area contributed by atoms with Gasteiger partial charge < -0.3 is 75.9 Å². The minimum absolute atomic E-state index is 0.0338. The van der Waals surface area contributed by atoms with E-state index in [9.17, 15) is 48.6 Å². The number of aliphatic hydroxyl groups is 2. The van der Waals surface area contributed by atoms with Gasteiger partial charge in [0.05, 0.1) is 25.3 Å². The highest BCUT2D eigenvalue weighted by atomic mass is 16.4. The third kappa shape index (κ3) is 20.7. The third-order valence-electron chi connectivity index (χ3n) is 8.08. The number of hydrogen-bond donors (Lipinski definition) is 14. The predicted octanol–water partition coefficient (Wildman–Crippen LogP) is -6.04. The highest BCUT2D eigenvalue weighted by Crippen LogP contribution is 2.08. The first-order chi connectivity index (χ1) is 25.5. The second kappa shape index (κ2) is 28.0. The molecule has 0 radical (unpaired) electrons. The van der Waals surface area contributed by atoms with Crippen LogP contribution in [-0.2, 0) is 38.4 Å². The molecule has 22 nitrogen and oxygen atoms in total. The van der Waals surface area contributed by atoms with E-state index in [0.717, 1.165) is 6.92 Å². The zero-order valence-electron chi connectivity index (χ0n) is 30.8. The lowest BCUT2D eigenvalue weighted by atomic mass is 10.0. The standard InChI is InChI=1S/C32H61N11O11/c1-18(45)26(31(52)42-23(17-44)32(53)54)43-30(51)21(10-4-7-15-35)40-29(50)22(11-12-24(37)46)41-28(49)20(9-3-6-14-34)39-25(47)16-38-27(48)19(36)8-2-5-13-33/h18-23,26,44-45H,2-17,33-36H2,1H3,(H2,37,46)(H,38,48)(H,39,47)(H,40,50)(H,41,49)(H,42,52)(H,43,51)(H,53,54)/t18-,19+,20+,21+,22+,23+,26+/m1/s1. The van der Waals surface area contributed by atoms with E-state index >= 15 is 0 Å². The summed E-state index contributed by atoms with van der Waals surface area (Å²) < 4.78 is 0. The Balaban J connectivity index is 6.06. The molecular weight excluding hydrogens is 714 g/mol. The van der Waals surface area contributed by atoms with Crippen molar-refractivity contribution in [1.29, 1.82) is 0 Å². The van der Waals surface area contributed by atoms with Gasteiger partial charge in [-0.15, -0.1) is 0 Å². The number of nitrogens with one attached hydrogen (secondary N) is 6. The second-order valence-electron chi connectivity index (χ2n) is 12.7. The molecule has 19 N–H and O–H groups in total. The Morgan fingerprint density at radius 2 is 1.04 bits per heavy atom. The van der Waals surface area contributed by atoms with E-state index in [1.807, 2.05) is 5.32 Å². The van der Waals surface area contributed by atoms with Crippen molar-refractivity contribution in [2.45, 2.75) is 120 Å². The highest BCUT2D eigenvalue weighted by Gasteiger charge is 2.34. The minimum Gasteiger partial charge on any atom is -0.480 e. The summed E-state index contributed by atoms with van der Waals surface area (Å²) in [5, 5.41) is 42.8. The Morgan fingerprint density at radius 3 is 1.48 bits per heavy atom. The van der Waals surface area contributed by atoms with Gasteiger partial charge in [-0.2, -0.15) is 0 Å². The molecule has 0 aromatic carbocycles. The highest BCUT2D eigenvalue weighted by molar-refractivity contribution is 5.96. The lowest BCUT2D eigenvalue weighted by Crippen LogP contribution is -2.61. The van der Waals surface area contributed by atoms with Crippen molar-refractivity contribution in [1.82, 2.24) is 31.9 Å². The first-order valence-corrected chi connectivity index (χ1v) is 18.0. The number of amides is 7. The molecule has 54 heavy (non-hydrogen) atoms. The van der Waals surface area contributed by atoms with E-state index in [4.69, 9.17) is 33.8 Å². The van der Waals surface area contributed by atoms with Gasteiger partial charge in [0.2, 0.25) is 41.4 Å². The van der Waals surface area contributed by atoms with Crippen LogP contribution in [0, 0.1) is 0 Å². The summed E-state index contributed by atoms with van der Waals surface area (Å²) in [7, 11) is 0. The van der Waals surface area contributed by atoms with E-state index < -0.39 is 103 Å². The normalized spacial score (nSPS) is 14.9. The van der Waals surface area contributed by atoms with Crippen molar-refractivity contribution >= 4 is 47.3 Å². The van der Waals surface area contributed by atoms with Crippen LogP contribution in [0.15, 0.2) is 0 Å². The zero-order valence-corrected chi connectivity index (χ0v) is 30.8. The van der Waals surface area contributed by atoms with Gasteiger partial charge in [-0.25, -0.2) is 4.79 Å². The fraction of sp³-hybridized carbons (Fsp3) is 0.750. The van der Waals surface area contributed by atoms with E-state index in [1.54, 1.807) is 0 Å². The summed E-state index contributed by atoms with van der Waals surface area (Å²) in [6, 6.07) is -8.38. The molecule has 0 spiro atoms. The number of aliphatic hydroxyl groups excluding tert-OH is 2. The fourth-order valence-corrected chi connectivity index (χ4v) is 4.91. The molecule has 0 aromatic heterocycles. The second-order valence-corrected chi connectivity index (χ2v) is 12.7. The largest absolute Gasteiger partial charge is 0.480 e. The number of unbranched alkanes of at least 4 members (excludes halogenated alkanes) is 3. The lowest BCUT2D eigenvalue weighted by Gasteiger charge is -2.27. The van der Waals surface area contributed by atoms with Crippen molar-refractivity contribution in [3.63, 3.8) is 0 Å². The summed E-state index contributed by atoms with van der Waals surface area (Å²) in [5.74, 6) is -7.56. The molecule has 22 heteroatoms. The maximum Gasteiger partial charge on any atom is 0.328 e. The Bertz CT molecular complexity index is 1230. The summed E-state index contributed by atoms with van der Waals surface area (Å²) >= 11 is 0. The molecule has 0 saturated carbocycles. The van der Waals surface area contributed by atoms with Crippen LogP contribution in [0.5, 0.6) is 0 Å². The lowest BCUT2D eigenvalue weighted by molar-refractivity contribution is -0.144. The number of hydrogen-bond acceptors (Lipinski definition) is 14. The summed E-state index contributed by atoms with van der Waals surface area (Å²) in [6.45, 7) is 0.631. The number of carbonyl (C=O) groups is 8. The first-order valence-electron chi connectivity index (χ1n) is 18.0. The summed E-state index contributed by atoms with van der Waals surface area (Å²) in [6.07, 6.45) is 1.04. The van der Waals surface area contributed by atoms with Gasteiger partial charge >= 0.3 is 5.97 Å². The maximum absolute atomic E-state index is 13.6. The fourth-order valence-electron chi connectivity index (χ4n) is 4.91. The Morgan fingerprint density at radius 1 is 0.593 bits per heavy atom. The van der Waals surface area contributed by atoms with Crippen LogP contribution in [0.1, 0.15) is 77.6 Å². The van der Waals surface area contributed by atoms with Gasteiger partial charge in [0.25, 0.3) is 0 Å². The van der Waals surface area contributed by atoms with E-state index in [1.165, 1.54) is 0 Å². The van der Waals surface area contributed by atoms with Gasteiger partial charge in [-0.3, -0.25) is 33.6 Å². The van der Waals surface area contributed by atoms with Crippen LogP contribution in [-0.4, -0.2) is 138 Å². The molecule has 0 unspecified atom stereocenters. The van der Waals surface area contributed by atoms with E-state index in [-0.39, 0.29) is 38.8 Å².